The third-order valence-corrected chi connectivity index (χ3v) is 7.70. The molecule has 41 heavy (non-hydrogen) atoms. The number of hydrogen-bond donors (Lipinski definition) is 0. The lowest BCUT2D eigenvalue weighted by atomic mass is 10.0. The van der Waals surface area contributed by atoms with Crippen molar-refractivity contribution in [1.82, 2.24) is 9.97 Å². The van der Waals surface area contributed by atoms with Gasteiger partial charge < -0.3 is 4.42 Å². The Labute approximate surface area is 237 Å². The van der Waals surface area contributed by atoms with Crippen molar-refractivity contribution in [3.8, 4) is 45.0 Å². The first kappa shape index (κ1) is 23.4. The molecule has 0 spiro atoms. The molecule has 0 amide bonds. The number of para-hydroxylation sites is 1. The topological polar surface area (TPSA) is 38.9 Å². The lowest BCUT2D eigenvalue weighted by molar-refractivity contribution is 0.672. The summed E-state index contributed by atoms with van der Waals surface area (Å²) in [7, 11) is 0. The zero-order valence-electron chi connectivity index (χ0n) is 22.2. The first-order chi connectivity index (χ1) is 20.3. The molecule has 0 saturated carbocycles. The minimum Gasteiger partial charge on any atom is -0.455 e. The molecular formula is C38H24N2O. The zero-order valence-corrected chi connectivity index (χ0v) is 22.2. The van der Waals surface area contributed by atoms with Crippen LogP contribution in [-0.4, -0.2) is 9.97 Å². The van der Waals surface area contributed by atoms with Crippen LogP contribution in [0.15, 0.2) is 150 Å². The summed E-state index contributed by atoms with van der Waals surface area (Å²) in [5.74, 6) is 0.684. The van der Waals surface area contributed by atoms with E-state index >= 15 is 0 Å². The van der Waals surface area contributed by atoms with Gasteiger partial charge in [0.25, 0.3) is 0 Å². The largest absolute Gasteiger partial charge is 0.455 e. The number of furan rings is 1. The molecule has 0 aliphatic heterocycles. The number of hydrogen-bond acceptors (Lipinski definition) is 3. The van der Waals surface area contributed by atoms with E-state index in [2.05, 4.69) is 109 Å². The highest BCUT2D eigenvalue weighted by molar-refractivity contribution is 6.15. The molecule has 0 aliphatic carbocycles. The van der Waals surface area contributed by atoms with Crippen LogP contribution in [0.3, 0.4) is 0 Å². The first-order valence-electron chi connectivity index (χ1n) is 13.7. The number of aromatic nitrogens is 2. The summed E-state index contributed by atoms with van der Waals surface area (Å²) in [5, 5.41) is 4.41. The Balaban J connectivity index is 1.29. The summed E-state index contributed by atoms with van der Waals surface area (Å²) in [6.07, 6.45) is 0. The molecule has 8 rings (SSSR count). The third kappa shape index (κ3) is 4.16. The predicted octanol–water partition coefficient (Wildman–Crippen LogP) is 10.2. The maximum Gasteiger partial charge on any atom is 0.160 e. The van der Waals surface area contributed by atoms with Gasteiger partial charge in [-0.15, -0.1) is 0 Å². The van der Waals surface area contributed by atoms with Crippen LogP contribution >= 0.6 is 0 Å². The zero-order chi connectivity index (χ0) is 27.2. The summed E-state index contributed by atoms with van der Waals surface area (Å²) in [6.45, 7) is 0. The van der Waals surface area contributed by atoms with Gasteiger partial charge in [-0.3, -0.25) is 0 Å². The van der Waals surface area contributed by atoms with Crippen LogP contribution in [0.5, 0.6) is 0 Å². The summed E-state index contributed by atoms with van der Waals surface area (Å²) >= 11 is 0. The molecule has 0 aliphatic rings. The second kappa shape index (κ2) is 9.58. The van der Waals surface area contributed by atoms with Gasteiger partial charge in [0, 0.05) is 32.8 Å². The maximum atomic E-state index is 6.35. The van der Waals surface area contributed by atoms with Crippen molar-refractivity contribution in [2.24, 2.45) is 0 Å². The molecule has 2 aromatic heterocycles. The van der Waals surface area contributed by atoms with Gasteiger partial charge in [0.1, 0.15) is 11.2 Å². The van der Waals surface area contributed by atoms with Gasteiger partial charge in [0.2, 0.25) is 0 Å². The van der Waals surface area contributed by atoms with E-state index < -0.39 is 0 Å². The normalized spacial score (nSPS) is 11.4. The average molecular weight is 525 g/mol. The van der Waals surface area contributed by atoms with Crippen molar-refractivity contribution in [3.05, 3.63) is 146 Å². The molecule has 0 bridgehead atoms. The molecule has 0 radical (unpaired) electrons. The van der Waals surface area contributed by atoms with Gasteiger partial charge >= 0.3 is 0 Å². The van der Waals surface area contributed by atoms with E-state index in [9.17, 15) is 0 Å². The Morgan fingerprint density at radius 2 is 0.951 bits per heavy atom. The van der Waals surface area contributed by atoms with Crippen molar-refractivity contribution >= 4 is 32.7 Å². The Morgan fingerprint density at radius 3 is 1.71 bits per heavy atom. The van der Waals surface area contributed by atoms with E-state index in [4.69, 9.17) is 14.4 Å². The van der Waals surface area contributed by atoms with Gasteiger partial charge in [-0.1, -0.05) is 121 Å². The molecule has 192 valence electrons. The van der Waals surface area contributed by atoms with Crippen LogP contribution in [0, 0.1) is 0 Å². The Morgan fingerprint density at radius 1 is 0.390 bits per heavy atom. The van der Waals surface area contributed by atoms with Crippen molar-refractivity contribution < 1.29 is 4.42 Å². The molecule has 0 unspecified atom stereocenters. The van der Waals surface area contributed by atoms with E-state index in [0.717, 1.165) is 60.8 Å². The highest BCUT2D eigenvalue weighted by Gasteiger charge is 2.14. The fraction of sp³-hybridized carbons (Fsp3) is 0. The summed E-state index contributed by atoms with van der Waals surface area (Å²) in [6, 6.07) is 50.3. The number of rotatable bonds is 4. The molecular weight excluding hydrogens is 500 g/mol. The first-order valence-corrected chi connectivity index (χ1v) is 13.7. The molecule has 0 saturated heterocycles. The fourth-order valence-electron chi connectivity index (χ4n) is 5.59. The van der Waals surface area contributed by atoms with E-state index in [1.807, 2.05) is 36.4 Å². The van der Waals surface area contributed by atoms with E-state index in [-0.39, 0.29) is 0 Å². The van der Waals surface area contributed by atoms with Gasteiger partial charge in [-0.25, -0.2) is 9.97 Å². The SMILES string of the molecule is c1ccc(-c2ccc(-c3cc(-c4ccccc4)nc(-c4ccc5ccc6c7ccccc7oc6c5c4)n3)cc2)cc1. The van der Waals surface area contributed by atoms with Crippen molar-refractivity contribution in [1.29, 1.82) is 0 Å². The van der Waals surface area contributed by atoms with Crippen LogP contribution in [0.4, 0.5) is 0 Å². The molecule has 0 N–H and O–H groups in total. The van der Waals surface area contributed by atoms with Crippen molar-refractivity contribution in [3.63, 3.8) is 0 Å². The minimum atomic E-state index is 0.684. The van der Waals surface area contributed by atoms with Gasteiger partial charge in [0.15, 0.2) is 5.82 Å². The van der Waals surface area contributed by atoms with Crippen molar-refractivity contribution in [2.75, 3.05) is 0 Å². The molecule has 3 nitrogen and oxygen atoms in total. The molecule has 3 heteroatoms. The number of fused-ring (bicyclic) bond motifs is 5. The highest BCUT2D eigenvalue weighted by atomic mass is 16.3. The summed E-state index contributed by atoms with van der Waals surface area (Å²) in [5.41, 5.74) is 8.98. The maximum absolute atomic E-state index is 6.35. The van der Waals surface area contributed by atoms with E-state index in [1.54, 1.807) is 0 Å². The molecule has 0 atom stereocenters. The molecule has 0 fully saturated rings. The highest BCUT2D eigenvalue weighted by Crippen LogP contribution is 2.36. The van der Waals surface area contributed by atoms with Crippen LogP contribution in [0.25, 0.3) is 77.7 Å². The second-order valence-corrected chi connectivity index (χ2v) is 10.2. The average Bonchev–Trinajstić information content (AvgIpc) is 3.45. The van der Waals surface area contributed by atoms with Crippen LogP contribution in [0.2, 0.25) is 0 Å². The summed E-state index contributed by atoms with van der Waals surface area (Å²) < 4.78 is 6.35. The quantitative estimate of drug-likeness (QED) is 0.230. The lowest BCUT2D eigenvalue weighted by Gasteiger charge is -2.11. The van der Waals surface area contributed by atoms with Gasteiger partial charge in [-0.05, 0) is 40.8 Å². The molecule has 6 aromatic carbocycles. The lowest BCUT2D eigenvalue weighted by Crippen LogP contribution is -1.96. The summed E-state index contributed by atoms with van der Waals surface area (Å²) in [4.78, 5) is 10.1. The van der Waals surface area contributed by atoms with Crippen LogP contribution in [-0.2, 0) is 0 Å². The third-order valence-electron chi connectivity index (χ3n) is 7.70. The second-order valence-electron chi connectivity index (χ2n) is 10.2. The predicted molar refractivity (Wildman–Crippen MR) is 169 cm³/mol. The molecule has 8 aromatic rings. The number of benzene rings is 6. The van der Waals surface area contributed by atoms with Crippen LogP contribution < -0.4 is 0 Å². The van der Waals surface area contributed by atoms with Crippen LogP contribution in [0.1, 0.15) is 0 Å². The standard InChI is InChI=1S/C38H24N2O/c1-3-9-25(10-4-1)26-15-18-29(19-16-26)35-24-34(28-11-5-2-6-12-28)39-38(40-35)30-20-17-27-21-22-32-31-13-7-8-14-36(31)41-37(32)33(27)23-30/h1-24H. The monoisotopic (exact) mass is 524 g/mol. The van der Waals surface area contributed by atoms with Gasteiger partial charge in [-0.2, -0.15) is 0 Å². The smallest absolute Gasteiger partial charge is 0.160 e. The Hall–Kier alpha value is -5.54. The fourth-order valence-corrected chi connectivity index (χ4v) is 5.59. The Bertz CT molecular complexity index is 2180. The van der Waals surface area contributed by atoms with E-state index in [1.165, 1.54) is 11.1 Å². The minimum absolute atomic E-state index is 0.684. The van der Waals surface area contributed by atoms with Crippen molar-refractivity contribution in [2.45, 2.75) is 0 Å². The van der Waals surface area contributed by atoms with E-state index in [0.29, 0.717) is 5.82 Å². The molecule has 2 heterocycles. The van der Waals surface area contributed by atoms with Gasteiger partial charge in [0.05, 0.1) is 11.4 Å². The Kier molecular flexibility index (Phi) is 5.46. The number of nitrogens with zero attached hydrogens (tertiary/aromatic N) is 2.